The molecule has 27 heavy (non-hydrogen) atoms. The molecule has 0 radical (unpaired) electrons. The van der Waals surface area contributed by atoms with Crippen LogP contribution in [0.5, 0.6) is 0 Å². The minimum Gasteiger partial charge on any atom is -0.477 e. The molecule has 144 valence electrons. The van der Waals surface area contributed by atoms with Gasteiger partial charge in [0.05, 0.1) is 17.4 Å². The summed E-state index contributed by atoms with van der Waals surface area (Å²) >= 11 is 1.39. The molecule has 3 rings (SSSR count). The Labute approximate surface area is 157 Å². The lowest BCUT2D eigenvalue weighted by Gasteiger charge is -2.49. The van der Waals surface area contributed by atoms with Crippen LogP contribution in [-0.2, 0) is 20.9 Å². The fourth-order valence-electron chi connectivity index (χ4n) is 2.98. The summed E-state index contributed by atoms with van der Waals surface area (Å²) in [4.78, 5) is 47.4. The molecule has 0 spiro atoms. The molecule has 3 heterocycles. The molecule has 0 bridgehead atoms. The number of thioether (sulfide) groups is 1. The second-order valence-corrected chi connectivity index (χ2v) is 7.51. The topological polar surface area (TPSA) is 148 Å². The van der Waals surface area contributed by atoms with E-state index in [1.807, 2.05) is 0 Å². The van der Waals surface area contributed by atoms with Crippen LogP contribution in [0, 0.1) is 16.0 Å². The maximum absolute atomic E-state index is 12.4. The zero-order valence-electron chi connectivity index (χ0n) is 14.5. The van der Waals surface area contributed by atoms with Gasteiger partial charge in [0.2, 0.25) is 5.91 Å². The number of hydrogen-bond acceptors (Lipinski definition) is 7. The number of carbonyl (C=O) groups is 3. The Morgan fingerprint density at radius 1 is 1.56 bits per heavy atom. The molecular weight excluding hydrogens is 378 g/mol. The molecule has 2 aliphatic heterocycles. The molecule has 1 fully saturated rings. The van der Waals surface area contributed by atoms with E-state index in [0.717, 1.165) is 6.20 Å². The molecule has 0 aromatic carbocycles. The van der Waals surface area contributed by atoms with Crippen LogP contribution < -0.4 is 5.32 Å². The van der Waals surface area contributed by atoms with Crippen LogP contribution in [0.3, 0.4) is 0 Å². The van der Waals surface area contributed by atoms with Gasteiger partial charge in [-0.3, -0.25) is 29.3 Å². The van der Waals surface area contributed by atoms with Crippen LogP contribution in [0.15, 0.2) is 23.7 Å². The van der Waals surface area contributed by atoms with E-state index in [2.05, 4.69) is 10.4 Å². The molecule has 0 unspecified atom stereocenters. The van der Waals surface area contributed by atoms with Crippen molar-refractivity contribution >= 4 is 35.2 Å². The maximum atomic E-state index is 12.4. The number of aromatic nitrogens is 2. The van der Waals surface area contributed by atoms with Crippen molar-refractivity contribution in [1.29, 1.82) is 0 Å². The molecule has 1 saturated heterocycles. The summed E-state index contributed by atoms with van der Waals surface area (Å²) in [6, 6.07) is -0.792. The van der Waals surface area contributed by atoms with Gasteiger partial charge in [-0.25, -0.2) is 4.79 Å². The Balaban J connectivity index is 1.62. The summed E-state index contributed by atoms with van der Waals surface area (Å²) in [5, 5.41) is 26.0. The SMILES string of the molecule is CC1=C(C(=O)O)N2C(=O)[C@H](NC(=O)[C@H](C)Cn3cc([N+](=O)[O-])cn3)[C@@H]2SC1. The van der Waals surface area contributed by atoms with E-state index in [1.165, 1.54) is 27.5 Å². The second kappa shape index (κ2) is 7.02. The zero-order valence-corrected chi connectivity index (χ0v) is 15.3. The number of nitrogens with one attached hydrogen (secondary N) is 1. The fourth-order valence-corrected chi connectivity index (χ4v) is 4.27. The zero-order chi connectivity index (χ0) is 19.9. The van der Waals surface area contributed by atoms with Gasteiger partial charge in [-0.2, -0.15) is 5.10 Å². The third kappa shape index (κ3) is 3.39. The monoisotopic (exact) mass is 395 g/mol. The Kier molecular flexibility index (Phi) is 4.91. The normalized spacial score (nSPS) is 22.7. The number of carboxylic acids is 1. The van der Waals surface area contributed by atoms with Crippen molar-refractivity contribution in [3.8, 4) is 0 Å². The summed E-state index contributed by atoms with van der Waals surface area (Å²) in [6.07, 6.45) is 2.32. The van der Waals surface area contributed by atoms with E-state index < -0.39 is 40.0 Å². The number of carboxylic acid groups (broad SMARTS) is 1. The van der Waals surface area contributed by atoms with Gasteiger partial charge in [0.15, 0.2) is 0 Å². The number of fused-ring (bicyclic) bond motifs is 1. The smallest absolute Gasteiger partial charge is 0.352 e. The van der Waals surface area contributed by atoms with Crippen LogP contribution in [0.4, 0.5) is 5.69 Å². The predicted octanol–water partition coefficient (Wildman–Crippen LogP) is 0.186. The highest BCUT2D eigenvalue weighted by Crippen LogP contribution is 2.40. The van der Waals surface area contributed by atoms with E-state index in [0.29, 0.717) is 11.3 Å². The highest BCUT2D eigenvalue weighted by molar-refractivity contribution is 8.00. The molecule has 0 saturated carbocycles. The average molecular weight is 395 g/mol. The van der Waals surface area contributed by atoms with Crippen LogP contribution in [0.1, 0.15) is 13.8 Å². The van der Waals surface area contributed by atoms with Crippen LogP contribution in [-0.4, -0.2) is 59.7 Å². The summed E-state index contributed by atoms with van der Waals surface area (Å²) in [6.45, 7) is 3.39. The van der Waals surface area contributed by atoms with Gasteiger partial charge in [0.1, 0.15) is 29.5 Å². The molecular formula is C15H17N5O6S. The Bertz CT molecular complexity index is 865. The number of β-lactam (4-membered cyclic amide) rings is 1. The van der Waals surface area contributed by atoms with Crippen molar-refractivity contribution in [3.05, 3.63) is 33.8 Å². The lowest BCUT2D eigenvalue weighted by molar-refractivity contribution is -0.385. The first-order valence-corrected chi connectivity index (χ1v) is 9.10. The van der Waals surface area contributed by atoms with E-state index >= 15 is 0 Å². The van der Waals surface area contributed by atoms with Crippen LogP contribution in [0.2, 0.25) is 0 Å². The van der Waals surface area contributed by atoms with E-state index in [9.17, 15) is 29.6 Å². The minimum absolute atomic E-state index is 0.0221. The first-order chi connectivity index (χ1) is 12.7. The van der Waals surface area contributed by atoms with E-state index in [1.54, 1.807) is 13.8 Å². The third-order valence-corrected chi connectivity index (χ3v) is 5.82. The average Bonchev–Trinajstić information content (AvgIpc) is 3.07. The third-order valence-electron chi connectivity index (χ3n) is 4.40. The van der Waals surface area contributed by atoms with Crippen LogP contribution >= 0.6 is 11.8 Å². The molecule has 0 aliphatic carbocycles. The van der Waals surface area contributed by atoms with Crippen molar-refractivity contribution in [2.24, 2.45) is 5.92 Å². The van der Waals surface area contributed by atoms with Gasteiger partial charge in [-0.1, -0.05) is 6.92 Å². The summed E-state index contributed by atoms with van der Waals surface area (Å²) in [7, 11) is 0. The second-order valence-electron chi connectivity index (χ2n) is 6.41. The number of nitro groups is 1. The fraction of sp³-hybridized carbons (Fsp3) is 0.467. The van der Waals surface area contributed by atoms with Crippen LogP contribution in [0.25, 0.3) is 0 Å². The molecule has 2 amide bonds. The lowest BCUT2D eigenvalue weighted by atomic mass is 10.0. The summed E-state index contributed by atoms with van der Waals surface area (Å²) < 4.78 is 1.29. The molecule has 1 aromatic heterocycles. The standard InChI is InChI=1S/C15H17N5O6S/c1-7(4-18-5-9(3-16-18)20(25)26)12(21)17-10-13(22)19-11(15(23)24)8(2)6-27-14(10)19/h3,5,7,10,14H,4,6H2,1-2H3,(H,17,21)(H,23,24)/t7-,10+,14+/m1/s1. The molecule has 3 atom stereocenters. The number of rotatable bonds is 6. The molecule has 12 heteroatoms. The maximum Gasteiger partial charge on any atom is 0.352 e. The van der Waals surface area contributed by atoms with Gasteiger partial charge < -0.3 is 10.4 Å². The van der Waals surface area contributed by atoms with Crippen molar-refractivity contribution in [2.75, 3.05) is 5.75 Å². The number of amides is 2. The summed E-state index contributed by atoms with van der Waals surface area (Å²) in [5.41, 5.74) is 0.413. The van der Waals surface area contributed by atoms with Crippen molar-refractivity contribution < 1.29 is 24.4 Å². The molecule has 1 aromatic rings. The predicted molar refractivity (Wildman–Crippen MR) is 93.4 cm³/mol. The first kappa shape index (κ1) is 18.9. The van der Waals surface area contributed by atoms with Crippen molar-refractivity contribution in [1.82, 2.24) is 20.0 Å². The van der Waals surface area contributed by atoms with Crippen molar-refractivity contribution in [3.63, 3.8) is 0 Å². The number of nitrogens with zero attached hydrogens (tertiary/aromatic N) is 4. The lowest BCUT2D eigenvalue weighted by Crippen LogP contribution is -2.70. The molecule has 2 N–H and O–H groups in total. The summed E-state index contributed by atoms with van der Waals surface area (Å²) in [5.74, 6) is -2.15. The Hall–Kier alpha value is -2.89. The van der Waals surface area contributed by atoms with E-state index in [4.69, 9.17) is 0 Å². The largest absolute Gasteiger partial charge is 0.477 e. The highest BCUT2D eigenvalue weighted by Gasteiger charge is 2.53. The number of aliphatic carboxylic acids is 1. The van der Waals surface area contributed by atoms with Gasteiger partial charge in [-0.05, 0) is 12.5 Å². The molecule has 11 nitrogen and oxygen atoms in total. The van der Waals surface area contributed by atoms with Gasteiger partial charge in [-0.15, -0.1) is 11.8 Å². The van der Waals surface area contributed by atoms with Gasteiger partial charge in [0, 0.05) is 5.75 Å². The number of carbonyl (C=O) groups excluding carboxylic acids is 2. The molecule has 2 aliphatic rings. The quantitative estimate of drug-likeness (QED) is 0.394. The van der Waals surface area contributed by atoms with Gasteiger partial charge in [0.25, 0.3) is 5.91 Å². The first-order valence-electron chi connectivity index (χ1n) is 8.05. The minimum atomic E-state index is -1.16. The van der Waals surface area contributed by atoms with Crippen molar-refractivity contribution in [2.45, 2.75) is 31.8 Å². The highest BCUT2D eigenvalue weighted by atomic mass is 32.2. The number of hydrogen-bond donors (Lipinski definition) is 2. The van der Waals surface area contributed by atoms with E-state index in [-0.39, 0.29) is 17.9 Å². The Morgan fingerprint density at radius 3 is 2.85 bits per heavy atom. The van der Waals surface area contributed by atoms with Gasteiger partial charge >= 0.3 is 11.7 Å². The Morgan fingerprint density at radius 2 is 2.26 bits per heavy atom.